The maximum absolute atomic E-state index is 12.1. The molecule has 6 heteroatoms. The lowest BCUT2D eigenvalue weighted by Gasteiger charge is -2.13. The van der Waals surface area contributed by atoms with Crippen LogP contribution in [0.15, 0.2) is 53.7 Å². The van der Waals surface area contributed by atoms with Gasteiger partial charge in [-0.1, -0.05) is 37.3 Å². The Labute approximate surface area is 125 Å². The van der Waals surface area contributed by atoms with E-state index < -0.39 is 10.0 Å². The molecule has 2 aromatic rings. The predicted octanol–water partition coefficient (Wildman–Crippen LogP) is 2.14. The first-order chi connectivity index (χ1) is 10.0. The van der Waals surface area contributed by atoms with E-state index in [1.54, 1.807) is 6.07 Å². The van der Waals surface area contributed by atoms with Gasteiger partial charge in [0.15, 0.2) is 5.03 Å². The predicted molar refractivity (Wildman–Crippen MR) is 83.3 cm³/mol. The Balaban J connectivity index is 1.96. The third-order valence-corrected chi connectivity index (χ3v) is 4.73. The molecule has 1 unspecified atom stereocenters. The Morgan fingerprint density at radius 2 is 1.90 bits per heavy atom. The average Bonchev–Trinajstić information content (AvgIpc) is 2.48. The summed E-state index contributed by atoms with van der Waals surface area (Å²) in [5.74, 6) is 0.273. The molecule has 0 aliphatic carbocycles. The van der Waals surface area contributed by atoms with Crippen LogP contribution in [0.3, 0.4) is 0 Å². The molecule has 0 bridgehead atoms. The van der Waals surface area contributed by atoms with Gasteiger partial charge in [-0.05, 0) is 30.0 Å². The number of anilines is 1. The number of nitrogen functional groups attached to an aromatic ring is 1. The van der Waals surface area contributed by atoms with Crippen LogP contribution in [-0.4, -0.2) is 19.9 Å². The smallest absolute Gasteiger partial charge is 0.260 e. The molecule has 112 valence electrons. The second kappa shape index (κ2) is 6.69. The molecule has 0 saturated heterocycles. The van der Waals surface area contributed by atoms with Crippen LogP contribution in [0.25, 0.3) is 0 Å². The van der Waals surface area contributed by atoms with E-state index in [0.29, 0.717) is 13.0 Å². The standard InChI is InChI=1S/C15H19N3O2S/c1-12(13-6-3-2-4-7-13)9-11-18-21(19,20)15-14(16)8-5-10-17-15/h2-8,10,12,18H,9,11,16H2,1H3. The fraction of sp³-hybridized carbons (Fsp3) is 0.267. The highest BCUT2D eigenvalue weighted by Crippen LogP contribution is 2.18. The number of hydrogen-bond acceptors (Lipinski definition) is 4. The largest absolute Gasteiger partial charge is 0.396 e. The molecule has 21 heavy (non-hydrogen) atoms. The zero-order valence-corrected chi connectivity index (χ0v) is 12.7. The van der Waals surface area contributed by atoms with E-state index >= 15 is 0 Å². The van der Waals surface area contributed by atoms with Gasteiger partial charge in [-0.15, -0.1) is 0 Å². The van der Waals surface area contributed by atoms with E-state index in [1.165, 1.54) is 17.8 Å². The van der Waals surface area contributed by atoms with Gasteiger partial charge in [-0.25, -0.2) is 18.1 Å². The zero-order valence-electron chi connectivity index (χ0n) is 11.9. The summed E-state index contributed by atoms with van der Waals surface area (Å²) in [5.41, 5.74) is 6.99. The zero-order chi connectivity index (χ0) is 15.3. The number of hydrogen-bond donors (Lipinski definition) is 2. The number of nitrogens with one attached hydrogen (secondary N) is 1. The second-order valence-electron chi connectivity index (χ2n) is 4.90. The van der Waals surface area contributed by atoms with Crippen molar-refractivity contribution < 1.29 is 8.42 Å². The molecular weight excluding hydrogens is 286 g/mol. The third kappa shape index (κ3) is 4.03. The Kier molecular flexibility index (Phi) is 4.93. The highest BCUT2D eigenvalue weighted by atomic mass is 32.2. The molecule has 0 saturated carbocycles. The van der Waals surface area contributed by atoms with E-state index in [-0.39, 0.29) is 16.6 Å². The van der Waals surface area contributed by atoms with E-state index in [4.69, 9.17) is 5.73 Å². The first kappa shape index (κ1) is 15.5. The van der Waals surface area contributed by atoms with Crippen molar-refractivity contribution >= 4 is 15.7 Å². The van der Waals surface area contributed by atoms with Crippen molar-refractivity contribution in [2.45, 2.75) is 24.3 Å². The highest BCUT2D eigenvalue weighted by Gasteiger charge is 2.18. The molecule has 5 nitrogen and oxygen atoms in total. The van der Waals surface area contributed by atoms with Crippen molar-refractivity contribution in [2.75, 3.05) is 12.3 Å². The molecule has 1 aromatic heterocycles. The lowest BCUT2D eigenvalue weighted by molar-refractivity contribution is 0.569. The number of pyridine rings is 1. The molecule has 3 N–H and O–H groups in total. The summed E-state index contributed by atoms with van der Waals surface area (Å²) >= 11 is 0. The van der Waals surface area contributed by atoms with Crippen LogP contribution < -0.4 is 10.5 Å². The summed E-state index contributed by atoms with van der Waals surface area (Å²) < 4.78 is 26.8. The molecule has 0 radical (unpaired) electrons. The van der Waals surface area contributed by atoms with Gasteiger partial charge in [-0.2, -0.15) is 0 Å². The lowest BCUT2D eigenvalue weighted by Crippen LogP contribution is -2.27. The van der Waals surface area contributed by atoms with E-state index in [9.17, 15) is 8.42 Å². The number of nitrogens with zero attached hydrogens (tertiary/aromatic N) is 1. The first-order valence-corrected chi connectivity index (χ1v) is 8.24. The van der Waals surface area contributed by atoms with Gasteiger partial charge >= 0.3 is 0 Å². The van der Waals surface area contributed by atoms with Crippen LogP contribution in [0.1, 0.15) is 24.8 Å². The number of nitrogens with two attached hydrogens (primary N) is 1. The quantitative estimate of drug-likeness (QED) is 0.856. The number of benzene rings is 1. The van der Waals surface area contributed by atoms with Gasteiger partial charge < -0.3 is 5.73 Å². The van der Waals surface area contributed by atoms with Gasteiger partial charge in [-0.3, -0.25) is 0 Å². The van der Waals surface area contributed by atoms with Crippen molar-refractivity contribution in [3.8, 4) is 0 Å². The fourth-order valence-electron chi connectivity index (χ4n) is 2.05. The molecule has 0 spiro atoms. The van der Waals surface area contributed by atoms with Gasteiger partial charge in [0.05, 0.1) is 5.69 Å². The molecule has 1 aromatic carbocycles. The van der Waals surface area contributed by atoms with Crippen molar-refractivity contribution in [3.05, 3.63) is 54.2 Å². The van der Waals surface area contributed by atoms with E-state index in [1.807, 2.05) is 30.3 Å². The molecule has 2 rings (SSSR count). The van der Waals surface area contributed by atoms with Crippen LogP contribution in [0.5, 0.6) is 0 Å². The second-order valence-corrected chi connectivity index (χ2v) is 6.58. The minimum absolute atomic E-state index is 0.114. The van der Waals surface area contributed by atoms with Crippen molar-refractivity contribution in [1.82, 2.24) is 9.71 Å². The Morgan fingerprint density at radius 1 is 1.19 bits per heavy atom. The average molecular weight is 305 g/mol. The summed E-state index contributed by atoms with van der Waals surface area (Å²) in [7, 11) is -3.65. The molecule has 0 fully saturated rings. The van der Waals surface area contributed by atoms with E-state index in [2.05, 4.69) is 16.6 Å². The first-order valence-electron chi connectivity index (χ1n) is 6.76. The lowest BCUT2D eigenvalue weighted by atomic mass is 9.98. The van der Waals surface area contributed by atoms with Crippen molar-refractivity contribution in [3.63, 3.8) is 0 Å². The maximum atomic E-state index is 12.1. The Morgan fingerprint density at radius 3 is 2.57 bits per heavy atom. The van der Waals surface area contributed by atoms with Crippen LogP contribution in [-0.2, 0) is 10.0 Å². The number of sulfonamides is 1. The van der Waals surface area contributed by atoms with Gasteiger partial charge in [0, 0.05) is 12.7 Å². The monoisotopic (exact) mass is 305 g/mol. The summed E-state index contributed by atoms with van der Waals surface area (Å²) in [5, 5.41) is -0.114. The summed E-state index contributed by atoms with van der Waals surface area (Å²) in [6.07, 6.45) is 2.12. The van der Waals surface area contributed by atoms with Crippen LogP contribution in [0, 0.1) is 0 Å². The number of aromatic nitrogens is 1. The minimum Gasteiger partial charge on any atom is -0.396 e. The molecule has 0 aliphatic heterocycles. The van der Waals surface area contributed by atoms with Crippen LogP contribution >= 0.6 is 0 Å². The van der Waals surface area contributed by atoms with E-state index in [0.717, 1.165) is 0 Å². The summed E-state index contributed by atoms with van der Waals surface area (Å²) in [6.45, 7) is 2.41. The minimum atomic E-state index is -3.65. The number of rotatable bonds is 6. The SMILES string of the molecule is CC(CCNS(=O)(=O)c1ncccc1N)c1ccccc1. The van der Waals surface area contributed by atoms with Gasteiger partial charge in [0.1, 0.15) is 0 Å². The Bertz CT molecular complexity index is 687. The summed E-state index contributed by atoms with van der Waals surface area (Å²) in [6, 6.07) is 13.1. The normalized spacial score (nSPS) is 13.0. The van der Waals surface area contributed by atoms with Gasteiger partial charge in [0.2, 0.25) is 0 Å². The topological polar surface area (TPSA) is 85.1 Å². The summed E-state index contributed by atoms with van der Waals surface area (Å²) in [4.78, 5) is 3.83. The Hall–Kier alpha value is -1.92. The fourth-order valence-corrected chi connectivity index (χ4v) is 3.16. The third-order valence-electron chi connectivity index (χ3n) is 3.29. The molecular formula is C15H19N3O2S. The molecule has 1 atom stereocenters. The molecule has 0 amide bonds. The highest BCUT2D eigenvalue weighted by molar-refractivity contribution is 7.89. The molecule has 0 aliphatic rings. The van der Waals surface area contributed by atoms with Crippen molar-refractivity contribution in [1.29, 1.82) is 0 Å². The van der Waals surface area contributed by atoms with Crippen LogP contribution in [0.4, 0.5) is 5.69 Å². The maximum Gasteiger partial charge on any atom is 0.260 e. The van der Waals surface area contributed by atoms with Crippen LogP contribution in [0.2, 0.25) is 0 Å². The van der Waals surface area contributed by atoms with Gasteiger partial charge in [0.25, 0.3) is 10.0 Å². The van der Waals surface area contributed by atoms with Crippen molar-refractivity contribution in [2.24, 2.45) is 0 Å². The molecule has 1 heterocycles.